The van der Waals surface area contributed by atoms with Gasteiger partial charge in [-0.2, -0.15) is 8.78 Å². The topological polar surface area (TPSA) is 83.0 Å². The first-order chi connectivity index (χ1) is 13.9. The molecule has 2 heterocycles. The Hall–Kier alpha value is -2.10. The van der Waals surface area contributed by atoms with E-state index in [9.17, 15) is 17.2 Å². The predicted octanol–water partition coefficient (Wildman–Crippen LogP) is 1.86. The minimum Gasteiger partial charge on any atom is -0.433 e. The van der Waals surface area contributed by atoms with E-state index in [1.807, 2.05) is 11.8 Å². The lowest BCUT2D eigenvalue weighted by molar-refractivity contribution is -0.0495. The maximum atomic E-state index is 12.7. The molecule has 10 heteroatoms. The van der Waals surface area contributed by atoms with Crippen LogP contribution in [0.3, 0.4) is 0 Å². The van der Waals surface area contributed by atoms with Crippen LogP contribution in [0, 0.1) is 5.92 Å². The van der Waals surface area contributed by atoms with Crippen molar-refractivity contribution in [3.8, 4) is 5.75 Å². The fourth-order valence-electron chi connectivity index (χ4n) is 3.76. The summed E-state index contributed by atoms with van der Waals surface area (Å²) in [5.74, 6) is 1.34. The van der Waals surface area contributed by atoms with Gasteiger partial charge in [0.2, 0.25) is 0 Å². The Labute approximate surface area is 170 Å². The number of anilines is 1. The van der Waals surface area contributed by atoms with Gasteiger partial charge >= 0.3 is 6.61 Å². The number of sulfone groups is 1. The van der Waals surface area contributed by atoms with E-state index in [4.69, 9.17) is 0 Å². The molecule has 2 saturated heterocycles. The van der Waals surface area contributed by atoms with Gasteiger partial charge in [-0.25, -0.2) is 8.42 Å². The number of nitrogens with one attached hydrogen (secondary N) is 2. The highest BCUT2D eigenvalue weighted by atomic mass is 32.2. The van der Waals surface area contributed by atoms with Gasteiger partial charge in [0, 0.05) is 32.2 Å². The summed E-state index contributed by atoms with van der Waals surface area (Å²) >= 11 is 0. The van der Waals surface area contributed by atoms with Gasteiger partial charge in [-0.15, -0.1) is 0 Å². The molecule has 2 unspecified atom stereocenters. The Morgan fingerprint density at radius 1 is 1.34 bits per heavy atom. The van der Waals surface area contributed by atoms with Gasteiger partial charge in [-0.05, 0) is 37.8 Å². The number of ether oxygens (including phenoxy) is 1. The Morgan fingerprint density at radius 3 is 2.83 bits per heavy atom. The van der Waals surface area contributed by atoms with Gasteiger partial charge in [-0.1, -0.05) is 12.1 Å². The normalized spacial score (nSPS) is 24.1. The Kier molecular flexibility index (Phi) is 7.15. The maximum absolute atomic E-state index is 12.7. The van der Waals surface area contributed by atoms with Gasteiger partial charge in [0.25, 0.3) is 0 Å². The van der Waals surface area contributed by atoms with Crippen molar-refractivity contribution in [3.05, 3.63) is 24.3 Å². The highest BCUT2D eigenvalue weighted by Crippen LogP contribution is 2.31. The maximum Gasteiger partial charge on any atom is 0.387 e. The summed E-state index contributed by atoms with van der Waals surface area (Å²) in [4.78, 5) is 6.58. The number of benzene rings is 1. The summed E-state index contributed by atoms with van der Waals surface area (Å²) in [6, 6.07) is 6.89. The van der Waals surface area contributed by atoms with Gasteiger partial charge in [0.15, 0.2) is 15.8 Å². The van der Waals surface area contributed by atoms with E-state index in [-0.39, 0.29) is 29.2 Å². The molecule has 2 atom stereocenters. The van der Waals surface area contributed by atoms with Gasteiger partial charge in [0.1, 0.15) is 5.75 Å². The van der Waals surface area contributed by atoms with Crippen molar-refractivity contribution < 1.29 is 21.9 Å². The van der Waals surface area contributed by atoms with Crippen molar-refractivity contribution in [2.45, 2.75) is 32.4 Å². The molecule has 0 amide bonds. The molecular weight excluding hydrogens is 402 g/mol. The number of rotatable bonds is 7. The molecule has 29 heavy (non-hydrogen) atoms. The largest absolute Gasteiger partial charge is 0.433 e. The van der Waals surface area contributed by atoms with Crippen LogP contribution in [0.2, 0.25) is 0 Å². The quantitative estimate of drug-likeness (QED) is 0.508. The summed E-state index contributed by atoms with van der Waals surface area (Å²) in [6.07, 6.45) is 1.48. The lowest BCUT2D eigenvalue weighted by Crippen LogP contribution is -2.45. The number of guanidine groups is 1. The summed E-state index contributed by atoms with van der Waals surface area (Å²) in [5.41, 5.74) is 0.648. The molecule has 0 saturated carbocycles. The molecule has 0 aliphatic carbocycles. The van der Waals surface area contributed by atoms with Crippen molar-refractivity contribution in [1.29, 1.82) is 0 Å². The molecule has 2 N–H and O–H groups in total. The van der Waals surface area contributed by atoms with E-state index in [0.717, 1.165) is 6.42 Å². The van der Waals surface area contributed by atoms with E-state index in [1.165, 1.54) is 0 Å². The van der Waals surface area contributed by atoms with Crippen LogP contribution < -0.4 is 20.3 Å². The second kappa shape index (κ2) is 9.60. The van der Waals surface area contributed by atoms with Crippen molar-refractivity contribution in [2.75, 3.05) is 42.6 Å². The third-order valence-electron chi connectivity index (χ3n) is 5.13. The van der Waals surface area contributed by atoms with Crippen LogP contribution in [0.15, 0.2) is 29.3 Å². The molecule has 0 bridgehead atoms. The standard InChI is InChI=1S/C19H28F2N4O3S/c1-2-22-19(23-11-14-8-10-29(26,27)13-14)24-15-7-9-25(12-15)16-5-3-4-6-17(16)28-18(20)21/h3-6,14-15,18H,2,7-13H2,1H3,(H2,22,23,24). The van der Waals surface area contributed by atoms with Crippen molar-refractivity contribution in [1.82, 2.24) is 10.6 Å². The van der Waals surface area contributed by atoms with Crippen LogP contribution in [0.25, 0.3) is 0 Å². The van der Waals surface area contributed by atoms with Crippen molar-refractivity contribution in [2.24, 2.45) is 10.9 Å². The van der Waals surface area contributed by atoms with Crippen LogP contribution in [0.4, 0.5) is 14.5 Å². The zero-order valence-electron chi connectivity index (χ0n) is 16.5. The highest BCUT2D eigenvalue weighted by molar-refractivity contribution is 7.91. The fourth-order valence-corrected chi connectivity index (χ4v) is 5.61. The number of hydrogen-bond donors (Lipinski definition) is 2. The molecule has 1 aromatic carbocycles. The SMILES string of the molecule is CCNC(=NCC1CCS(=O)(=O)C1)NC1CCN(c2ccccc2OC(F)F)C1. The second-order valence-electron chi connectivity index (χ2n) is 7.41. The number of para-hydroxylation sites is 2. The molecule has 7 nitrogen and oxygen atoms in total. The lowest BCUT2D eigenvalue weighted by atomic mass is 10.1. The van der Waals surface area contributed by atoms with E-state index >= 15 is 0 Å². The lowest BCUT2D eigenvalue weighted by Gasteiger charge is -2.22. The molecule has 0 spiro atoms. The van der Waals surface area contributed by atoms with Crippen LogP contribution in [-0.4, -0.2) is 64.7 Å². The zero-order chi connectivity index (χ0) is 20.9. The third kappa shape index (κ3) is 6.19. The molecule has 2 aliphatic heterocycles. The molecule has 0 radical (unpaired) electrons. The molecule has 162 valence electrons. The average Bonchev–Trinajstić information content (AvgIpc) is 3.26. The molecule has 0 aromatic heterocycles. The first kappa shape index (κ1) is 21.6. The zero-order valence-corrected chi connectivity index (χ0v) is 17.3. The average molecular weight is 431 g/mol. The minimum atomic E-state index is -2.91. The monoisotopic (exact) mass is 430 g/mol. The summed E-state index contributed by atoms with van der Waals surface area (Å²) in [5, 5.41) is 6.57. The molecule has 3 rings (SSSR count). The molecule has 2 fully saturated rings. The van der Waals surface area contributed by atoms with E-state index in [2.05, 4.69) is 20.4 Å². The number of aliphatic imine (C=N–C) groups is 1. The van der Waals surface area contributed by atoms with Crippen LogP contribution in [-0.2, 0) is 9.84 Å². The van der Waals surface area contributed by atoms with Gasteiger partial charge in [-0.3, -0.25) is 4.99 Å². The molecule has 2 aliphatic rings. The third-order valence-corrected chi connectivity index (χ3v) is 6.97. The van der Waals surface area contributed by atoms with Crippen LogP contribution in [0.1, 0.15) is 19.8 Å². The Balaban J connectivity index is 1.59. The summed E-state index contributed by atoms with van der Waals surface area (Å²) in [6.45, 7) is 1.61. The second-order valence-corrected chi connectivity index (χ2v) is 9.64. The number of alkyl halides is 2. The van der Waals surface area contributed by atoms with Crippen LogP contribution in [0.5, 0.6) is 5.75 Å². The Bertz CT molecular complexity index is 819. The molecule has 1 aromatic rings. The van der Waals surface area contributed by atoms with Gasteiger partial charge < -0.3 is 20.3 Å². The summed E-state index contributed by atoms with van der Waals surface area (Å²) in [7, 11) is -2.91. The van der Waals surface area contributed by atoms with Crippen LogP contribution >= 0.6 is 0 Å². The highest BCUT2D eigenvalue weighted by Gasteiger charge is 2.28. The van der Waals surface area contributed by atoms with E-state index < -0.39 is 16.4 Å². The fraction of sp³-hybridized carbons (Fsp3) is 0.632. The van der Waals surface area contributed by atoms with E-state index in [0.29, 0.717) is 44.2 Å². The van der Waals surface area contributed by atoms with Crippen molar-refractivity contribution >= 4 is 21.5 Å². The number of hydrogen-bond acceptors (Lipinski definition) is 5. The van der Waals surface area contributed by atoms with Crippen molar-refractivity contribution in [3.63, 3.8) is 0 Å². The summed E-state index contributed by atoms with van der Waals surface area (Å²) < 4.78 is 53.2. The van der Waals surface area contributed by atoms with E-state index in [1.54, 1.807) is 24.3 Å². The minimum absolute atomic E-state index is 0.0638. The predicted molar refractivity (Wildman–Crippen MR) is 110 cm³/mol. The first-order valence-electron chi connectivity index (χ1n) is 9.90. The number of nitrogens with zero attached hydrogens (tertiary/aromatic N) is 2. The number of halogens is 2. The first-order valence-corrected chi connectivity index (χ1v) is 11.7. The molecular formula is C19H28F2N4O3S. The smallest absolute Gasteiger partial charge is 0.387 e. The Morgan fingerprint density at radius 2 is 2.14 bits per heavy atom. The van der Waals surface area contributed by atoms with Gasteiger partial charge in [0.05, 0.1) is 17.2 Å².